The van der Waals surface area contributed by atoms with Gasteiger partial charge in [-0.2, -0.15) is 0 Å². The summed E-state index contributed by atoms with van der Waals surface area (Å²) in [6, 6.07) is -0.0959. The molecule has 0 radical (unpaired) electrons. The van der Waals surface area contributed by atoms with Gasteiger partial charge >= 0.3 is 0 Å². The second kappa shape index (κ2) is 6.13. The van der Waals surface area contributed by atoms with Gasteiger partial charge in [-0.25, -0.2) is 4.98 Å². The molecule has 116 valence electrons. The second-order valence-electron chi connectivity index (χ2n) is 5.59. The summed E-state index contributed by atoms with van der Waals surface area (Å²) in [5, 5.41) is 5.85. The van der Waals surface area contributed by atoms with Crippen LogP contribution in [0, 0.1) is 6.92 Å². The van der Waals surface area contributed by atoms with Crippen LogP contribution < -0.4 is 5.32 Å². The van der Waals surface area contributed by atoms with E-state index in [-0.39, 0.29) is 17.9 Å². The van der Waals surface area contributed by atoms with Crippen LogP contribution in [-0.2, 0) is 9.59 Å². The molecule has 0 aliphatic carbocycles. The molecular formula is C15H23N3O2S. The number of aryl methyl sites for hydroxylation is 1. The fourth-order valence-electron chi connectivity index (χ4n) is 2.78. The molecule has 6 heteroatoms. The molecule has 1 atom stereocenters. The van der Waals surface area contributed by atoms with Crippen LogP contribution in [0.4, 0.5) is 0 Å². The van der Waals surface area contributed by atoms with Gasteiger partial charge < -0.3 is 10.2 Å². The van der Waals surface area contributed by atoms with Crippen molar-refractivity contribution in [1.82, 2.24) is 15.2 Å². The zero-order chi connectivity index (χ0) is 15.6. The number of aromatic nitrogens is 1. The predicted molar refractivity (Wildman–Crippen MR) is 83.1 cm³/mol. The van der Waals surface area contributed by atoms with Gasteiger partial charge in [-0.1, -0.05) is 13.8 Å². The maximum Gasteiger partial charge on any atom is 0.248 e. The van der Waals surface area contributed by atoms with Crippen LogP contribution in [-0.4, -0.2) is 33.8 Å². The summed E-state index contributed by atoms with van der Waals surface area (Å²) in [5.74, 6) is -0.0317. The highest BCUT2D eigenvalue weighted by Gasteiger charge is 2.43. The minimum Gasteiger partial charge on any atom is -0.342 e. The van der Waals surface area contributed by atoms with E-state index in [0.717, 1.165) is 10.7 Å². The first-order valence-corrected chi connectivity index (χ1v) is 8.35. The first-order valence-electron chi connectivity index (χ1n) is 7.47. The van der Waals surface area contributed by atoms with Crippen molar-refractivity contribution in [3.05, 3.63) is 16.1 Å². The first-order chi connectivity index (χ1) is 9.93. The summed E-state index contributed by atoms with van der Waals surface area (Å²) >= 11 is 1.57. The minimum absolute atomic E-state index is 0.0127. The van der Waals surface area contributed by atoms with Crippen LogP contribution in [0.2, 0.25) is 0 Å². The summed E-state index contributed by atoms with van der Waals surface area (Å²) in [5.41, 5.74) is 0.198. The van der Waals surface area contributed by atoms with Crippen LogP contribution in [0.25, 0.3) is 0 Å². The number of carbonyl (C=O) groups excluding carboxylic acids is 2. The Kier molecular flexibility index (Phi) is 4.66. The molecule has 1 saturated heterocycles. The SMILES string of the molecule is CCC1(CC)NC(=O)CCN(C(C)c2nc(C)cs2)C1=O. The zero-order valence-corrected chi connectivity index (χ0v) is 13.9. The Morgan fingerprint density at radius 2 is 2.10 bits per heavy atom. The van der Waals surface area contributed by atoms with Crippen molar-refractivity contribution in [3.8, 4) is 0 Å². The number of amides is 2. The van der Waals surface area contributed by atoms with E-state index in [0.29, 0.717) is 25.8 Å². The number of hydrogen-bond donors (Lipinski definition) is 1. The van der Waals surface area contributed by atoms with E-state index in [1.165, 1.54) is 0 Å². The molecule has 0 saturated carbocycles. The van der Waals surface area contributed by atoms with E-state index in [4.69, 9.17) is 0 Å². The zero-order valence-electron chi connectivity index (χ0n) is 13.1. The molecule has 0 spiro atoms. The van der Waals surface area contributed by atoms with Gasteiger partial charge in [0.1, 0.15) is 10.5 Å². The van der Waals surface area contributed by atoms with Gasteiger partial charge in [0.05, 0.1) is 6.04 Å². The molecule has 2 heterocycles. The maximum absolute atomic E-state index is 13.0. The average Bonchev–Trinajstić information content (AvgIpc) is 2.85. The highest BCUT2D eigenvalue weighted by molar-refractivity contribution is 7.09. The predicted octanol–water partition coefficient (Wildman–Crippen LogP) is 2.42. The molecule has 1 unspecified atom stereocenters. The molecule has 1 N–H and O–H groups in total. The monoisotopic (exact) mass is 309 g/mol. The summed E-state index contributed by atoms with van der Waals surface area (Å²) in [6.07, 6.45) is 1.56. The summed E-state index contributed by atoms with van der Waals surface area (Å²) in [6.45, 7) is 8.28. The number of nitrogens with zero attached hydrogens (tertiary/aromatic N) is 2. The van der Waals surface area contributed by atoms with Crippen LogP contribution in [0.1, 0.15) is 56.8 Å². The Labute approximate surface area is 129 Å². The molecule has 1 aliphatic rings. The topological polar surface area (TPSA) is 62.3 Å². The van der Waals surface area contributed by atoms with Crippen LogP contribution in [0.5, 0.6) is 0 Å². The van der Waals surface area contributed by atoms with E-state index in [9.17, 15) is 9.59 Å². The minimum atomic E-state index is -0.770. The smallest absolute Gasteiger partial charge is 0.248 e. The standard InChI is InChI=1S/C15H23N3O2S/c1-5-15(6-2)14(20)18(8-7-12(19)17-15)11(4)13-16-10(3)9-21-13/h9,11H,5-8H2,1-4H3,(H,17,19). The lowest BCUT2D eigenvalue weighted by molar-refractivity contribution is -0.141. The second-order valence-corrected chi connectivity index (χ2v) is 6.48. The van der Waals surface area contributed by atoms with E-state index >= 15 is 0 Å². The lowest BCUT2D eigenvalue weighted by atomic mass is 9.91. The Balaban J connectivity index is 2.33. The van der Waals surface area contributed by atoms with Gasteiger partial charge in [-0.05, 0) is 26.7 Å². The third-order valence-corrected chi connectivity index (χ3v) is 5.43. The third-order valence-electron chi connectivity index (χ3n) is 4.30. The molecule has 2 rings (SSSR count). The summed E-state index contributed by atoms with van der Waals surface area (Å²) in [4.78, 5) is 31.2. The molecule has 21 heavy (non-hydrogen) atoms. The molecular weight excluding hydrogens is 286 g/mol. The number of hydrogen-bond acceptors (Lipinski definition) is 4. The molecule has 1 aromatic heterocycles. The van der Waals surface area contributed by atoms with E-state index in [1.54, 1.807) is 11.3 Å². The molecule has 1 aromatic rings. The van der Waals surface area contributed by atoms with Crippen molar-refractivity contribution in [2.24, 2.45) is 0 Å². The Bertz CT molecular complexity index is 537. The molecule has 5 nitrogen and oxygen atoms in total. The lowest BCUT2D eigenvalue weighted by Crippen LogP contribution is -2.56. The van der Waals surface area contributed by atoms with Crippen molar-refractivity contribution >= 4 is 23.2 Å². The van der Waals surface area contributed by atoms with E-state index < -0.39 is 5.54 Å². The number of carbonyl (C=O) groups is 2. The number of rotatable bonds is 4. The van der Waals surface area contributed by atoms with Crippen molar-refractivity contribution in [3.63, 3.8) is 0 Å². The van der Waals surface area contributed by atoms with Gasteiger partial charge in [-0.3, -0.25) is 9.59 Å². The fourth-order valence-corrected chi connectivity index (χ4v) is 3.64. The third kappa shape index (κ3) is 2.95. The molecule has 2 amide bonds. The molecule has 0 aromatic carbocycles. The van der Waals surface area contributed by atoms with Crippen molar-refractivity contribution in [1.29, 1.82) is 0 Å². The summed E-state index contributed by atoms with van der Waals surface area (Å²) < 4.78 is 0. The van der Waals surface area contributed by atoms with Crippen LogP contribution in [0.15, 0.2) is 5.38 Å². The lowest BCUT2D eigenvalue weighted by Gasteiger charge is -2.36. The van der Waals surface area contributed by atoms with Crippen molar-refractivity contribution < 1.29 is 9.59 Å². The van der Waals surface area contributed by atoms with Gasteiger partial charge in [0, 0.05) is 24.0 Å². The first kappa shape index (κ1) is 15.9. The van der Waals surface area contributed by atoms with Crippen molar-refractivity contribution in [2.45, 2.75) is 58.5 Å². The Morgan fingerprint density at radius 1 is 1.43 bits per heavy atom. The van der Waals surface area contributed by atoms with E-state index in [1.807, 2.05) is 38.0 Å². The Hall–Kier alpha value is -1.43. The summed E-state index contributed by atoms with van der Waals surface area (Å²) in [7, 11) is 0. The molecule has 1 fully saturated rings. The molecule has 0 bridgehead atoms. The van der Waals surface area contributed by atoms with Crippen LogP contribution in [0.3, 0.4) is 0 Å². The van der Waals surface area contributed by atoms with Gasteiger partial charge in [-0.15, -0.1) is 11.3 Å². The quantitative estimate of drug-likeness (QED) is 0.929. The van der Waals surface area contributed by atoms with Gasteiger partial charge in [0.2, 0.25) is 11.8 Å². The highest BCUT2D eigenvalue weighted by Crippen LogP contribution is 2.30. The Morgan fingerprint density at radius 3 is 2.62 bits per heavy atom. The maximum atomic E-state index is 13.0. The molecule has 1 aliphatic heterocycles. The number of nitrogens with one attached hydrogen (secondary N) is 1. The van der Waals surface area contributed by atoms with Gasteiger partial charge in [0.15, 0.2) is 0 Å². The fraction of sp³-hybridized carbons (Fsp3) is 0.667. The van der Waals surface area contributed by atoms with E-state index in [2.05, 4.69) is 10.3 Å². The number of thiazole rings is 1. The average molecular weight is 309 g/mol. The largest absolute Gasteiger partial charge is 0.342 e. The normalized spacial score (nSPS) is 20.1. The highest BCUT2D eigenvalue weighted by atomic mass is 32.1. The van der Waals surface area contributed by atoms with Gasteiger partial charge in [0.25, 0.3) is 0 Å². The van der Waals surface area contributed by atoms with Crippen LogP contribution >= 0.6 is 11.3 Å². The van der Waals surface area contributed by atoms with Crippen molar-refractivity contribution in [2.75, 3.05) is 6.54 Å².